The fraction of sp³-hybridized carbons (Fsp3) is 0.375. The Morgan fingerprint density at radius 2 is 1.88 bits per heavy atom. The van der Waals surface area contributed by atoms with Crippen molar-refractivity contribution in [1.29, 1.82) is 0 Å². The molecule has 1 aliphatic heterocycles. The van der Waals surface area contributed by atoms with Crippen LogP contribution in [-0.2, 0) is 14.3 Å². The van der Waals surface area contributed by atoms with Crippen molar-refractivity contribution < 1.29 is 28.6 Å². The van der Waals surface area contributed by atoms with Gasteiger partial charge in [-0.2, -0.15) is 0 Å². The highest BCUT2D eigenvalue weighted by atomic mass is 16.6. The topological polar surface area (TPSA) is 103 Å². The minimum Gasteiger partial charge on any atom is -0.497 e. The Bertz CT molecular complexity index is 1100. The third kappa shape index (κ3) is 3.36. The van der Waals surface area contributed by atoms with Crippen molar-refractivity contribution in [2.75, 3.05) is 24.9 Å². The minimum atomic E-state index is -0.368. The van der Waals surface area contributed by atoms with Gasteiger partial charge in [0.15, 0.2) is 0 Å². The van der Waals surface area contributed by atoms with Gasteiger partial charge in [-0.3, -0.25) is 14.4 Å². The van der Waals surface area contributed by atoms with Crippen LogP contribution in [0.3, 0.4) is 0 Å². The monoisotopic (exact) mass is 436 g/mol. The Morgan fingerprint density at radius 1 is 1.03 bits per heavy atom. The molecule has 2 saturated carbocycles. The largest absolute Gasteiger partial charge is 0.497 e. The summed E-state index contributed by atoms with van der Waals surface area (Å²) in [5.74, 6) is -0.0548. The lowest BCUT2D eigenvalue weighted by Crippen LogP contribution is -2.35. The Labute approximate surface area is 185 Å². The standard InChI is InChI=1S/C24H24N2O6/c1-30-15-6-7-17(19(11-15)31-2)26-22(27)12-4-3-5-14(8-12)25-23(28)20-13-9-16-18(10-13)32-24(29)21(16)20/h3-8,11,13,16,18,20-21H,9-10H2,1-2H3,(H,25,28)(H,26,27)/t13-,16-,18-,20-,21-/m0/s1. The second kappa shape index (κ2) is 7.85. The van der Waals surface area contributed by atoms with Gasteiger partial charge < -0.3 is 24.8 Å². The molecule has 2 amide bonds. The van der Waals surface area contributed by atoms with E-state index in [2.05, 4.69) is 10.6 Å². The molecule has 3 aliphatic rings. The number of carbonyl (C=O) groups is 3. The van der Waals surface area contributed by atoms with Crippen molar-refractivity contribution in [2.45, 2.75) is 18.9 Å². The second-order valence-electron chi connectivity index (χ2n) is 8.51. The van der Waals surface area contributed by atoms with Crippen LogP contribution in [0.5, 0.6) is 11.5 Å². The summed E-state index contributed by atoms with van der Waals surface area (Å²) >= 11 is 0. The van der Waals surface area contributed by atoms with Crippen LogP contribution in [0.2, 0.25) is 0 Å². The van der Waals surface area contributed by atoms with Crippen LogP contribution in [0.4, 0.5) is 11.4 Å². The van der Waals surface area contributed by atoms with E-state index in [0.717, 1.165) is 12.8 Å². The molecule has 5 rings (SSSR count). The molecule has 1 saturated heterocycles. The molecule has 2 bridgehead atoms. The van der Waals surface area contributed by atoms with Crippen LogP contribution in [0.25, 0.3) is 0 Å². The first-order chi connectivity index (χ1) is 15.5. The van der Waals surface area contributed by atoms with Gasteiger partial charge in [-0.15, -0.1) is 0 Å². The van der Waals surface area contributed by atoms with E-state index in [1.54, 1.807) is 49.6 Å². The normalized spacial score (nSPS) is 27.1. The van der Waals surface area contributed by atoms with Gasteiger partial charge in [-0.05, 0) is 49.1 Å². The fourth-order valence-electron chi connectivity index (χ4n) is 5.42. The van der Waals surface area contributed by atoms with Crippen LogP contribution in [0, 0.1) is 23.7 Å². The van der Waals surface area contributed by atoms with E-state index in [4.69, 9.17) is 14.2 Å². The van der Waals surface area contributed by atoms with Gasteiger partial charge in [0.25, 0.3) is 5.91 Å². The summed E-state index contributed by atoms with van der Waals surface area (Å²) in [6.45, 7) is 0. The van der Waals surface area contributed by atoms with E-state index in [9.17, 15) is 14.4 Å². The molecule has 2 aromatic rings. The van der Waals surface area contributed by atoms with Gasteiger partial charge in [0, 0.05) is 23.2 Å². The first-order valence-electron chi connectivity index (χ1n) is 10.6. The number of methoxy groups -OCH3 is 2. The van der Waals surface area contributed by atoms with E-state index in [1.165, 1.54) is 7.11 Å². The van der Waals surface area contributed by atoms with Gasteiger partial charge in [0.2, 0.25) is 5.91 Å². The van der Waals surface area contributed by atoms with E-state index >= 15 is 0 Å². The van der Waals surface area contributed by atoms with Crippen LogP contribution in [0.15, 0.2) is 42.5 Å². The van der Waals surface area contributed by atoms with Crippen LogP contribution in [0.1, 0.15) is 23.2 Å². The lowest BCUT2D eigenvalue weighted by molar-refractivity contribution is -0.145. The van der Waals surface area contributed by atoms with Gasteiger partial charge in [0.05, 0.1) is 31.7 Å². The van der Waals surface area contributed by atoms with Gasteiger partial charge in [-0.25, -0.2) is 0 Å². The zero-order valence-electron chi connectivity index (χ0n) is 17.8. The van der Waals surface area contributed by atoms with Gasteiger partial charge >= 0.3 is 5.97 Å². The third-order valence-corrected chi connectivity index (χ3v) is 6.84. The maximum absolute atomic E-state index is 13.0. The SMILES string of the molecule is COc1ccc(NC(=O)c2cccc(NC(=O)[C@H]3[C@H]4C[C@@H]5[C@@H]3C(=O)O[C@H]5C4)c2)c(OC)c1. The minimum absolute atomic E-state index is 0.0106. The molecule has 0 radical (unpaired) electrons. The van der Waals surface area contributed by atoms with Crippen molar-refractivity contribution in [3.63, 3.8) is 0 Å². The molecule has 1 heterocycles. The van der Waals surface area contributed by atoms with Crippen molar-refractivity contribution in [3.8, 4) is 11.5 Å². The molecule has 5 atom stereocenters. The summed E-state index contributed by atoms with van der Waals surface area (Å²) < 4.78 is 15.9. The summed E-state index contributed by atoms with van der Waals surface area (Å²) in [6.07, 6.45) is 1.62. The third-order valence-electron chi connectivity index (χ3n) is 6.84. The number of carbonyl (C=O) groups excluding carboxylic acids is 3. The number of fused-ring (bicyclic) bond motifs is 1. The highest BCUT2D eigenvalue weighted by molar-refractivity contribution is 6.06. The van der Waals surface area contributed by atoms with E-state index in [1.807, 2.05) is 0 Å². The Hall–Kier alpha value is -3.55. The number of esters is 1. The van der Waals surface area contributed by atoms with Crippen LogP contribution >= 0.6 is 0 Å². The van der Waals surface area contributed by atoms with Crippen molar-refractivity contribution >= 4 is 29.2 Å². The lowest BCUT2D eigenvalue weighted by Gasteiger charge is -2.23. The van der Waals surface area contributed by atoms with Gasteiger partial charge in [-0.1, -0.05) is 6.07 Å². The van der Waals surface area contributed by atoms with Crippen LogP contribution < -0.4 is 20.1 Å². The summed E-state index contributed by atoms with van der Waals surface area (Å²) in [7, 11) is 3.07. The number of rotatable bonds is 6. The second-order valence-corrected chi connectivity index (χ2v) is 8.51. The number of anilines is 2. The predicted molar refractivity (Wildman–Crippen MR) is 116 cm³/mol. The van der Waals surface area contributed by atoms with Crippen molar-refractivity contribution in [2.24, 2.45) is 23.7 Å². The van der Waals surface area contributed by atoms with Crippen molar-refractivity contribution in [3.05, 3.63) is 48.0 Å². The highest BCUT2D eigenvalue weighted by Gasteiger charge is 2.63. The predicted octanol–water partition coefficient (Wildman–Crippen LogP) is 3.09. The molecule has 8 nitrogen and oxygen atoms in total. The average Bonchev–Trinajstić information content (AvgIpc) is 3.42. The van der Waals surface area contributed by atoms with Gasteiger partial charge in [0.1, 0.15) is 17.6 Å². The fourth-order valence-corrected chi connectivity index (χ4v) is 5.42. The summed E-state index contributed by atoms with van der Waals surface area (Å²) in [6, 6.07) is 11.8. The molecule has 0 spiro atoms. The maximum atomic E-state index is 13.0. The molecule has 32 heavy (non-hydrogen) atoms. The number of hydrogen-bond donors (Lipinski definition) is 2. The van der Waals surface area contributed by atoms with E-state index in [0.29, 0.717) is 28.4 Å². The molecule has 166 valence electrons. The number of amides is 2. The molecule has 2 N–H and O–H groups in total. The first-order valence-corrected chi connectivity index (χ1v) is 10.6. The first kappa shape index (κ1) is 20.4. The summed E-state index contributed by atoms with van der Waals surface area (Å²) in [5.41, 5.74) is 1.40. The highest BCUT2D eigenvalue weighted by Crippen LogP contribution is 2.57. The molecule has 2 aliphatic carbocycles. The molecular formula is C24H24N2O6. The zero-order chi connectivity index (χ0) is 22.4. The number of hydrogen-bond acceptors (Lipinski definition) is 6. The summed E-state index contributed by atoms with van der Waals surface area (Å²) in [4.78, 5) is 38.0. The molecule has 0 unspecified atom stereocenters. The quantitative estimate of drug-likeness (QED) is 0.675. The summed E-state index contributed by atoms with van der Waals surface area (Å²) in [5, 5.41) is 5.72. The number of benzene rings is 2. The Morgan fingerprint density at radius 3 is 2.66 bits per heavy atom. The average molecular weight is 436 g/mol. The van der Waals surface area contributed by atoms with Crippen molar-refractivity contribution in [1.82, 2.24) is 0 Å². The molecular weight excluding hydrogens is 412 g/mol. The molecule has 2 aromatic carbocycles. The zero-order valence-corrected chi connectivity index (χ0v) is 17.8. The number of ether oxygens (including phenoxy) is 3. The maximum Gasteiger partial charge on any atom is 0.310 e. The molecule has 8 heteroatoms. The van der Waals surface area contributed by atoms with E-state index < -0.39 is 0 Å². The van der Waals surface area contributed by atoms with E-state index in [-0.39, 0.29) is 47.6 Å². The lowest BCUT2D eigenvalue weighted by atomic mass is 9.79. The Balaban J connectivity index is 1.29. The number of nitrogens with one attached hydrogen (secondary N) is 2. The smallest absolute Gasteiger partial charge is 0.310 e. The van der Waals surface area contributed by atoms with Crippen LogP contribution in [-0.4, -0.2) is 38.1 Å². The Kier molecular flexibility index (Phi) is 5.00. The molecule has 0 aromatic heterocycles. The molecule has 3 fully saturated rings.